The van der Waals surface area contributed by atoms with Crippen molar-refractivity contribution in [1.82, 2.24) is 10.2 Å². The fourth-order valence-corrected chi connectivity index (χ4v) is 9.56. The van der Waals surface area contributed by atoms with Gasteiger partial charge >= 0.3 is 0 Å². The molecule has 1 saturated carbocycles. The Labute approximate surface area is 320 Å². The van der Waals surface area contributed by atoms with Gasteiger partial charge in [0.1, 0.15) is 11.2 Å². The van der Waals surface area contributed by atoms with Gasteiger partial charge in [-0.2, -0.15) is 0 Å². The number of aliphatic hydroxyl groups is 2. The molecule has 53 heavy (non-hydrogen) atoms. The summed E-state index contributed by atoms with van der Waals surface area (Å²) in [5.41, 5.74) is 0.657. The third kappa shape index (κ3) is 6.89. The maximum atomic E-state index is 16.8. The minimum atomic E-state index is -1.53. The Bertz CT molecular complexity index is 1970. The minimum Gasteiger partial charge on any atom is -0.393 e. The zero-order valence-electron chi connectivity index (χ0n) is 30.1. The summed E-state index contributed by atoms with van der Waals surface area (Å²) >= 11 is 13.1. The lowest BCUT2D eigenvalue weighted by Gasteiger charge is -2.44. The molecular weight excluding hydrogens is 712 g/mol. The molecule has 1 saturated heterocycles. The van der Waals surface area contributed by atoms with Crippen LogP contribution in [0, 0.1) is 11.2 Å². The van der Waals surface area contributed by atoms with Crippen LogP contribution in [0.2, 0.25) is 10.0 Å². The first kappa shape index (κ1) is 37.5. The van der Waals surface area contributed by atoms with Crippen LogP contribution in [0.4, 0.5) is 10.1 Å². The topological polar surface area (TPSA) is 102 Å². The van der Waals surface area contributed by atoms with Crippen molar-refractivity contribution in [3.63, 3.8) is 0 Å². The summed E-state index contributed by atoms with van der Waals surface area (Å²) in [6, 6.07) is 25.7. The second-order valence-corrected chi connectivity index (χ2v) is 16.9. The number of aliphatic hydroxyl groups excluding tert-OH is 2. The maximum Gasteiger partial charge on any atom is 0.238 e. The summed E-state index contributed by atoms with van der Waals surface area (Å²) < 4.78 is 16.8. The number of carbonyl (C=O) groups is 2. The van der Waals surface area contributed by atoms with Gasteiger partial charge in [-0.15, -0.1) is 0 Å². The van der Waals surface area contributed by atoms with Gasteiger partial charge in [-0.25, -0.2) is 4.39 Å². The van der Waals surface area contributed by atoms with Crippen LogP contribution in [0.25, 0.3) is 0 Å². The molecule has 4 aromatic rings. The van der Waals surface area contributed by atoms with Crippen molar-refractivity contribution in [2.45, 2.75) is 101 Å². The molecule has 2 aliphatic heterocycles. The predicted molar refractivity (Wildman–Crippen MR) is 206 cm³/mol. The van der Waals surface area contributed by atoms with Crippen molar-refractivity contribution >= 4 is 40.7 Å². The molecule has 10 heteroatoms. The van der Waals surface area contributed by atoms with Crippen LogP contribution in [0.3, 0.4) is 0 Å². The molecular formula is C43H46Cl2FN3O4. The standard InChI is InChI=1S/C43H46Cl2FN3O4/c1-42(2,3)24-34-43(31-22-17-27(44)23-33(31)48-41(43)53)35(30-15-10-16-32(45)36(30)46)38(40(52)47-28-18-20-29(50)21-19-28)49(34)37(25-11-6-4-7-12-25)39(51)26-13-8-5-9-14-26/h4-17,22-23,28-29,34-35,37-39,50-51H,18-21,24H2,1-3H3,(H,47,52)(H,48,53)/t28?,29?,34?,35?,37?,38?,39?,43-/m0/s1. The number of carbonyl (C=O) groups excluding carboxylic acids is 2. The fraction of sp³-hybridized carbons (Fsp3) is 0.395. The number of benzene rings is 4. The highest BCUT2D eigenvalue weighted by Crippen LogP contribution is 2.63. The second-order valence-electron chi connectivity index (χ2n) is 16.0. The van der Waals surface area contributed by atoms with Gasteiger partial charge in [0.05, 0.1) is 29.3 Å². The van der Waals surface area contributed by atoms with E-state index in [0.717, 1.165) is 5.56 Å². The number of nitrogens with zero attached hydrogens (tertiary/aromatic N) is 1. The van der Waals surface area contributed by atoms with Crippen LogP contribution in [0.15, 0.2) is 97.1 Å². The number of fused-ring (bicyclic) bond motifs is 2. The zero-order chi connectivity index (χ0) is 37.7. The monoisotopic (exact) mass is 757 g/mol. The van der Waals surface area contributed by atoms with Gasteiger partial charge in [-0.3, -0.25) is 14.5 Å². The SMILES string of the molecule is CC(C)(C)CC1N(C(c2ccccc2)C(O)c2ccccc2)C(C(=O)NC2CCC(O)CC2)C(c2cccc(Cl)c2F)[C@@]12C(=O)Nc1cc(Cl)ccc12. The molecule has 1 aliphatic carbocycles. The molecule has 1 spiro atoms. The number of hydrogen-bond donors (Lipinski definition) is 4. The molecule has 2 amide bonds. The van der Waals surface area contributed by atoms with E-state index in [9.17, 15) is 10.2 Å². The van der Waals surface area contributed by atoms with Crippen molar-refractivity contribution < 1.29 is 24.2 Å². The molecule has 0 aromatic heterocycles. The largest absolute Gasteiger partial charge is 0.393 e. The van der Waals surface area contributed by atoms with E-state index in [-0.39, 0.29) is 28.4 Å². The number of rotatable bonds is 8. The van der Waals surface area contributed by atoms with Crippen molar-refractivity contribution in [1.29, 1.82) is 0 Å². The highest BCUT2D eigenvalue weighted by molar-refractivity contribution is 6.31. The van der Waals surface area contributed by atoms with Gasteiger partial charge in [0.2, 0.25) is 11.8 Å². The summed E-state index contributed by atoms with van der Waals surface area (Å²) in [5.74, 6) is -2.57. The highest BCUT2D eigenvalue weighted by Gasteiger charge is 2.70. The van der Waals surface area contributed by atoms with Gasteiger partial charge in [0, 0.05) is 28.7 Å². The van der Waals surface area contributed by atoms with E-state index in [2.05, 4.69) is 31.4 Å². The number of anilines is 1. The average molecular weight is 759 g/mol. The van der Waals surface area contributed by atoms with Gasteiger partial charge in [0.15, 0.2) is 0 Å². The lowest BCUT2D eigenvalue weighted by atomic mass is 9.62. The summed E-state index contributed by atoms with van der Waals surface area (Å²) in [4.78, 5) is 32.6. The summed E-state index contributed by atoms with van der Waals surface area (Å²) in [5, 5.41) is 29.6. The first-order chi connectivity index (χ1) is 25.3. The number of amides is 2. The van der Waals surface area contributed by atoms with Crippen LogP contribution < -0.4 is 10.6 Å². The van der Waals surface area contributed by atoms with Gasteiger partial charge < -0.3 is 20.8 Å². The molecule has 2 fully saturated rings. The molecule has 4 N–H and O–H groups in total. The van der Waals surface area contributed by atoms with Crippen LogP contribution >= 0.6 is 23.2 Å². The summed E-state index contributed by atoms with van der Waals surface area (Å²) in [7, 11) is 0. The minimum absolute atomic E-state index is 0.123. The van der Waals surface area contributed by atoms with E-state index in [4.69, 9.17) is 23.2 Å². The first-order valence-corrected chi connectivity index (χ1v) is 19.2. The van der Waals surface area contributed by atoms with Crippen LogP contribution in [0.5, 0.6) is 0 Å². The van der Waals surface area contributed by atoms with E-state index in [1.165, 1.54) is 6.07 Å². The van der Waals surface area contributed by atoms with Crippen molar-refractivity contribution in [3.05, 3.63) is 135 Å². The maximum absolute atomic E-state index is 16.8. The molecule has 0 bridgehead atoms. The zero-order valence-corrected chi connectivity index (χ0v) is 31.6. The number of nitrogens with one attached hydrogen (secondary N) is 2. The lowest BCUT2D eigenvalue weighted by molar-refractivity contribution is -0.130. The molecule has 3 aliphatic rings. The van der Waals surface area contributed by atoms with Crippen LogP contribution in [0.1, 0.15) is 93.2 Å². The number of likely N-dealkylation sites (tertiary alicyclic amines) is 1. The van der Waals surface area contributed by atoms with Gasteiger partial charge in [-0.1, -0.05) is 123 Å². The number of halogens is 3. The van der Waals surface area contributed by atoms with Gasteiger partial charge in [0.25, 0.3) is 0 Å². The molecule has 2 heterocycles. The Morgan fingerprint density at radius 3 is 2.23 bits per heavy atom. The molecule has 5 unspecified atom stereocenters. The molecule has 278 valence electrons. The van der Waals surface area contributed by atoms with E-state index >= 15 is 14.0 Å². The van der Waals surface area contributed by atoms with Crippen LogP contribution in [-0.4, -0.2) is 51.2 Å². The first-order valence-electron chi connectivity index (χ1n) is 18.4. The fourth-order valence-electron chi connectivity index (χ4n) is 9.21. The van der Waals surface area contributed by atoms with Crippen molar-refractivity contribution in [2.24, 2.45) is 5.41 Å². The summed E-state index contributed by atoms with van der Waals surface area (Å²) in [6.45, 7) is 6.24. The lowest BCUT2D eigenvalue weighted by Crippen LogP contribution is -2.54. The number of hydrogen-bond acceptors (Lipinski definition) is 5. The second kappa shape index (κ2) is 14.8. The smallest absolute Gasteiger partial charge is 0.238 e. The van der Waals surface area contributed by atoms with Crippen molar-refractivity contribution in [2.75, 3.05) is 5.32 Å². The molecule has 7 rings (SSSR count). The summed E-state index contributed by atoms with van der Waals surface area (Å²) in [6.07, 6.45) is 1.02. The normalized spacial score (nSPS) is 26.9. The van der Waals surface area contributed by atoms with E-state index in [1.807, 2.05) is 71.6 Å². The van der Waals surface area contributed by atoms with Crippen molar-refractivity contribution in [3.8, 4) is 0 Å². The molecule has 4 aromatic carbocycles. The van der Waals surface area contributed by atoms with E-state index < -0.39 is 52.9 Å². The quantitative estimate of drug-likeness (QED) is 0.145. The Balaban J connectivity index is 1.56. The Hall–Kier alpha value is -3.79. The highest BCUT2D eigenvalue weighted by atomic mass is 35.5. The third-order valence-electron chi connectivity index (χ3n) is 11.4. The third-order valence-corrected chi connectivity index (χ3v) is 11.9. The molecule has 0 radical (unpaired) electrons. The Morgan fingerprint density at radius 2 is 1.58 bits per heavy atom. The van der Waals surface area contributed by atoms with E-state index in [0.29, 0.717) is 53.9 Å². The average Bonchev–Trinajstić information content (AvgIpc) is 3.57. The Morgan fingerprint density at radius 1 is 0.943 bits per heavy atom. The predicted octanol–water partition coefficient (Wildman–Crippen LogP) is 8.49. The van der Waals surface area contributed by atoms with Crippen LogP contribution in [-0.2, 0) is 15.0 Å². The molecule has 7 nitrogen and oxygen atoms in total. The Kier molecular flexibility index (Phi) is 10.5. The molecule has 6 atom stereocenters. The van der Waals surface area contributed by atoms with E-state index in [1.54, 1.807) is 24.3 Å². The van der Waals surface area contributed by atoms with Gasteiger partial charge in [-0.05, 0) is 78.0 Å².